The fraction of sp³-hybridized carbons (Fsp3) is 0.417. The van der Waals surface area contributed by atoms with E-state index in [-0.39, 0.29) is 18.3 Å². The van der Waals surface area contributed by atoms with Crippen molar-refractivity contribution in [1.82, 2.24) is 30.2 Å². The number of halogens is 3. The number of aromatic nitrogens is 5. The minimum absolute atomic E-state index is 0.0517. The Bertz CT molecular complexity index is 1400. The molecule has 5 heterocycles. The van der Waals surface area contributed by atoms with Crippen molar-refractivity contribution in [3.05, 3.63) is 42.0 Å². The van der Waals surface area contributed by atoms with Gasteiger partial charge in [-0.2, -0.15) is 13.2 Å². The van der Waals surface area contributed by atoms with E-state index in [2.05, 4.69) is 25.2 Å². The summed E-state index contributed by atoms with van der Waals surface area (Å²) in [6, 6.07) is 2.50. The number of piperazine rings is 1. The smallest absolute Gasteiger partial charge is 0.394 e. The van der Waals surface area contributed by atoms with Crippen LogP contribution in [-0.2, 0) is 6.18 Å². The van der Waals surface area contributed by atoms with Crippen LogP contribution < -0.4 is 10.2 Å². The van der Waals surface area contributed by atoms with Crippen molar-refractivity contribution in [2.45, 2.75) is 37.4 Å². The quantitative estimate of drug-likeness (QED) is 0.407. The van der Waals surface area contributed by atoms with E-state index >= 15 is 0 Å². The third-order valence-electron chi connectivity index (χ3n) is 7.07. The van der Waals surface area contributed by atoms with Crippen LogP contribution in [-0.4, -0.2) is 62.3 Å². The van der Waals surface area contributed by atoms with Crippen molar-refractivity contribution in [3.8, 4) is 11.4 Å². The Morgan fingerprint density at radius 3 is 2.77 bits per heavy atom. The average molecular weight is 483 g/mol. The fourth-order valence-corrected chi connectivity index (χ4v) is 5.02. The van der Waals surface area contributed by atoms with Gasteiger partial charge in [-0.3, -0.25) is 4.98 Å². The molecule has 2 aliphatic rings. The van der Waals surface area contributed by atoms with Crippen LogP contribution >= 0.6 is 0 Å². The van der Waals surface area contributed by atoms with Gasteiger partial charge in [-0.05, 0) is 36.5 Å². The van der Waals surface area contributed by atoms with Gasteiger partial charge in [-0.25, -0.2) is 15.0 Å². The molecule has 11 heteroatoms. The lowest BCUT2D eigenvalue weighted by Crippen LogP contribution is -2.53. The first-order valence-corrected chi connectivity index (χ1v) is 11.7. The first-order chi connectivity index (χ1) is 16.9. The summed E-state index contributed by atoms with van der Waals surface area (Å²) in [5.41, 5.74) is 1.43. The standard InChI is InChI=1S/C24H24F3N7O/c25-24(26,27)19-8-16-15(4-5-30-21(16)32-19)22-31-18-11-29-10-17(13-2-1-3-13)20(18)23(33-22)34-7-6-28-9-14(34)12-35/h4-5,8,10-11,13-14,28,35H,1-3,6-7,9,12H2,(H,30,32)/t14-/m0/s1. The van der Waals surface area contributed by atoms with Crippen LogP contribution in [0.4, 0.5) is 19.0 Å². The molecule has 4 aromatic heterocycles. The van der Waals surface area contributed by atoms with E-state index in [0.29, 0.717) is 47.1 Å². The van der Waals surface area contributed by atoms with Crippen LogP contribution in [0.1, 0.15) is 36.4 Å². The number of hydrogen-bond donors (Lipinski definition) is 3. The summed E-state index contributed by atoms with van der Waals surface area (Å²) in [5.74, 6) is 1.36. The van der Waals surface area contributed by atoms with Gasteiger partial charge in [0.2, 0.25) is 0 Å². The van der Waals surface area contributed by atoms with E-state index in [1.54, 1.807) is 12.3 Å². The molecule has 1 saturated heterocycles. The van der Waals surface area contributed by atoms with Crippen LogP contribution in [0.25, 0.3) is 33.3 Å². The van der Waals surface area contributed by atoms with Crippen molar-refractivity contribution in [2.75, 3.05) is 31.1 Å². The Balaban J connectivity index is 1.59. The van der Waals surface area contributed by atoms with Gasteiger partial charge in [0.15, 0.2) is 5.82 Å². The van der Waals surface area contributed by atoms with E-state index in [4.69, 9.17) is 9.97 Å². The number of aliphatic hydroxyl groups excluding tert-OH is 1. The predicted molar refractivity (Wildman–Crippen MR) is 125 cm³/mol. The van der Waals surface area contributed by atoms with Crippen molar-refractivity contribution < 1.29 is 18.3 Å². The van der Waals surface area contributed by atoms with Crippen LogP contribution in [0.15, 0.2) is 30.7 Å². The molecule has 1 saturated carbocycles. The SMILES string of the molecule is OC[C@@H]1CNCCN1c1nc(-c2ccnc3[nH]c(C(F)(F)F)cc23)nc2cncc(C3CCC3)c12. The lowest BCUT2D eigenvalue weighted by molar-refractivity contribution is -0.140. The number of anilines is 1. The van der Waals surface area contributed by atoms with Crippen molar-refractivity contribution in [1.29, 1.82) is 0 Å². The highest BCUT2D eigenvalue weighted by atomic mass is 19.4. The van der Waals surface area contributed by atoms with Crippen LogP contribution in [0.2, 0.25) is 0 Å². The number of aliphatic hydroxyl groups is 1. The van der Waals surface area contributed by atoms with Crippen LogP contribution in [0.3, 0.4) is 0 Å². The number of nitrogens with one attached hydrogen (secondary N) is 2. The summed E-state index contributed by atoms with van der Waals surface area (Å²) in [7, 11) is 0. The Hall–Kier alpha value is -3.31. The fourth-order valence-electron chi connectivity index (χ4n) is 5.02. The Kier molecular flexibility index (Phi) is 5.33. The largest absolute Gasteiger partial charge is 0.431 e. The van der Waals surface area contributed by atoms with Crippen LogP contribution in [0, 0.1) is 0 Å². The second-order valence-corrected chi connectivity index (χ2v) is 9.16. The van der Waals surface area contributed by atoms with Gasteiger partial charge in [-0.15, -0.1) is 0 Å². The maximum atomic E-state index is 13.4. The van der Waals surface area contributed by atoms with Crippen molar-refractivity contribution >= 4 is 27.8 Å². The van der Waals surface area contributed by atoms with Gasteiger partial charge in [-0.1, -0.05) is 6.42 Å². The summed E-state index contributed by atoms with van der Waals surface area (Å²) < 4.78 is 40.1. The monoisotopic (exact) mass is 483 g/mol. The average Bonchev–Trinajstić information content (AvgIpc) is 3.28. The Morgan fingerprint density at radius 1 is 1.17 bits per heavy atom. The molecule has 2 fully saturated rings. The van der Waals surface area contributed by atoms with E-state index < -0.39 is 11.9 Å². The molecule has 35 heavy (non-hydrogen) atoms. The number of H-pyrrole nitrogens is 1. The Labute approximate surface area is 198 Å². The lowest BCUT2D eigenvalue weighted by Gasteiger charge is -2.37. The van der Waals surface area contributed by atoms with E-state index in [1.165, 1.54) is 6.20 Å². The number of hydrogen-bond acceptors (Lipinski definition) is 7. The Morgan fingerprint density at radius 2 is 2.03 bits per heavy atom. The van der Waals surface area contributed by atoms with E-state index in [9.17, 15) is 18.3 Å². The summed E-state index contributed by atoms with van der Waals surface area (Å²) in [4.78, 5) is 22.7. The molecule has 0 unspecified atom stereocenters. The zero-order chi connectivity index (χ0) is 24.2. The molecule has 0 radical (unpaired) electrons. The first kappa shape index (κ1) is 22.2. The lowest BCUT2D eigenvalue weighted by atomic mass is 9.79. The minimum Gasteiger partial charge on any atom is -0.394 e. The number of pyridine rings is 2. The molecule has 4 aromatic rings. The number of nitrogens with zero attached hydrogens (tertiary/aromatic N) is 5. The van der Waals surface area contributed by atoms with Gasteiger partial charge in [0.1, 0.15) is 17.2 Å². The van der Waals surface area contributed by atoms with Gasteiger partial charge in [0.25, 0.3) is 0 Å². The predicted octanol–water partition coefficient (Wildman–Crippen LogP) is 3.62. The normalized spacial score (nSPS) is 19.4. The highest BCUT2D eigenvalue weighted by molar-refractivity contribution is 5.97. The third kappa shape index (κ3) is 3.79. The molecule has 6 rings (SSSR count). The second kappa shape index (κ2) is 8.42. The molecule has 8 nitrogen and oxygen atoms in total. The summed E-state index contributed by atoms with van der Waals surface area (Å²) in [6.07, 6.45) is 3.78. The van der Waals surface area contributed by atoms with Gasteiger partial charge in [0.05, 0.1) is 24.4 Å². The van der Waals surface area contributed by atoms with Crippen LogP contribution in [0.5, 0.6) is 0 Å². The molecule has 0 aromatic carbocycles. The number of fused-ring (bicyclic) bond motifs is 2. The summed E-state index contributed by atoms with van der Waals surface area (Å²) in [5, 5.41) is 14.6. The highest BCUT2D eigenvalue weighted by Crippen LogP contribution is 2.42. The minimum atomic E-state index is -4.52. The highest BCUT2D eigenvalue weighted by Gasteiger charge is 2.34. The van der Waals surface area contributed by atoms with Crippen molar-refractivity contribution in [3.63, 3.8) is 0 Å². The van der Waals surface area contributed by atoms with Crippen molar-refractivity contribution in [2.24, 2.45) is 0 Å². The molecule has 182 valence electrons. The number of rotatable bonds is 4. The summed E-state index contributed by atoms with van der Waals surface area (Å²) >= 11 is 0. The maximum absolute atomic E-state index is 13.4. The number of alkyl halides is 3. The topological polar surface area (TPSA) is 103 Å². The molecule has 0 bridgehead atoms. The molecular weight excluding hydrogens is 459 g/mol. The molecule has 1 atom stereocenters. The van der Waals surface area contributed by atoms with E-state index in [0.717, 1.165) is 42.8 Å². The van der Waals surface area contributed by atoms with Gasteiger partial charge >= 0.3 is 6.18 Å². The van der Waals surface area contributed by atoms with Gasteiger partial charge in [0, 0.05) is 48.4 Å². The molecule has 1 aliphatic carbocycles. The first-order valence-electron chi connectivity index (χ1n) is 11.7. The molecule has 3 N–H and O–H groups in total. The molecule has 0 spiro atoms. The van der Waals surface area contributed by atoms with Gasteiger partial charge < -0.3 is 20.3 Å². The molecular formula is C24H24F3N7O. The third-order valence-corrected chi connectivity index (χ3v) is 7.07. The van der Waals surface area contributed by atoms with E-state index in [1.807, 2.05) is 6.20 Å². The number of aromatic amines is 1. The zero-order valence-corrected chi connectivity index (χ0v) is 18.8. The zero-order valence-electron chi connectivity index (χ0n) is 18.8. The maximum Gasteiger partial charge on any atom is 0.431 e. The molecule has 0 amide bonds. The molecule has 1 aliphatic heterocycles. The second-order valence-electron chi connectivity index (χ2n) is 9.16. The summed E-state index contributed by atoms with van der Waals surface area (Å²) in [6.45, 7) is 1.92.